The second-order valence-corrected chi connectivity index (χ2v) is 16.0. The number of urea groups is 1. The minimum absolute atomic E-state index is 0. The number of nitriles is 1. The maximum Gasteiger partial charge on any atom is 0.328 e. The van der Waals surface area contributed by atoms with Crippen LogP contribution < -0.4 is 25.2 Å². The van der Waals surface area contributed by atoms with Crippen LogP contribution >= 0.6 is 24.0 Å². The number of anilines is 2. The Labute approximate surface area is 344 Å². The van der Waals surface area contributed by atoms with Gasteiger partial charge in [0.2, 0.25) is 5.91 Å². The van der Waals surface area contributed by atoms with Gasteiger partial charge in [0.25, 0.3) is 5.91 Å². The molecule has 300 valence electrons. The molecular formula is C42H49Cl2N9O4. The van der Waals surface area contributed by atoms with Crippen molar-refractivity contribution in [3.05, 3.63) is 77.1 Å². The Bertz CT molecular complexity index is 2100. The zero-order valence-corrected chi connectivity index (χ0v) is 33.5. The van der Waals surface area contributed by atoms with Crippen molar-refractivity contribution in [3.63, 3.8) is 0 Å². The molecule has 0 atom stereocenters. The van der Waals surface area contributed by atoms with Gasteiger partial charge in [-0.05, 0) is 113 Å². The lowest BCUT2D eigenvalue weighted by atomic mass is 9.92. The van der Waals surface area contributed by atoms with E-state index < -0.39 is 0 Å². The lowest BCUT2D eigenvalue weighted by Gasteiger charge is -2.36. The van der Waals surface area contributed by atoms with Crippen molar-refractivity contribution >= 4 is 64.3 Å². The molecule has 4 fully saturated rings. The summed E-state index contributed by atoms with van der Waals surface area (Å²) < 4.78 is 8.46. The van der Waals surface area contributed by atoms with Crippen molar-refractivity contribution in [2.75, 3.05) is 49.1 Å². The summed E-state index contributed by atoms with van der Waals surface area (Å²) in [5.74, 6) is 1.73. The largest absolute Gasteiger partial charge is 0.490 e. The summed E-state index contributed by atoms with van der Waals surface area (Å²) in [4.78, 5) is 43.8. The number of rotatable bonds is 10. The van der Waals surface area contributed by atoms with Gasteiger partial charge in [-0.2, -0.15) is 5.26 Å². The second-order valence-electron chi connectivity index (χ2n) is 15.6. The van der Waals surface area contributed by atoms with Crippen molar-refractivity contribution in [1.82, 2.24) is 30.3 Å². The van der Waals surface area contributed by atoms with E-state index in [4.69, 9.17) is 21.6 Å². The van der Waals surface area contributed by atoms with Crippen LogP contribution in [-0.4, -0.2) is 88.9 Å². The third-order valence-electron chi connectivity index (χ3n) is 12.1. The third kappa shape index (κ3) is 9.30. The fourth-order valence-corrected chi connectivity index (χ4v) is 9.02. The molecule has 1 saturated carbocycles. The Morgan fingerprint density at radius 2 is 1.72 bits per heavy atom. The molecule has 3 aliphatic heterocycles. The molecule has 0 radical (unpaired) electrons. The summed E-state index contributed by atoms with van der Waals surface area (Å²) in [6.07, 6.45) is 11.3. The van der Waals surface area contributed by atoms with Gasteiger partial charge < -0.3 is 24.4 Å². The van der Waals surface area contributed by atoms with Gasteiger partial charge in [0.05, 0.1) is 27.9 Å². The van der Waals surface area contributed by atoms with Gasteiger partial charge in [0.1, 0.15) is 11.8 Å². The summed E-state index contributed by atoms with van der Waals surface area (Å²) in [5, 5.41) is 24.8. The lowest BCUT2D eigenvalue weighted by molar-refractivity contribution is -0.120. The van der Waals surface area contributed by atoms with Crippen molar-refractivity contribution in [1.29, 1.82) is 5.26 Å². The van der Waals surface area contributed by atoms with E-state index >= 15 is 0 Å². The normalized spacial score (nSPS) is 21.1. The Morgan fingerprint density at radius 3 is 2.42 bits per heavy atom. The number of ether oxygens (including phenoxy) is 1. The topological polar surface area (TPSA) is 149 Å². The highest BCUT2D eigenvalue weighted by Gasteiger charge is 2.29. The summed E-state index contributed by atoms with van der Waals surface area (Å²) >= 11 is 6.15. The average molecular weight is 815 g/mol. The number of hydrogen-bond acceptors (Lipinski definition) is 9. The van der Waals surface area contributed by atoms with Crippen LogP contribution in [0.15, 0.2) is 60.8 Å². The number of carbonyl (C=O) groups is 3. The van der Waals surface area contributed by atoms with Crippen LogP contribution in [-0.2, 0) is 4.79 Å². The number of likely N-dealkylation sites (tertiary alicyclic amines) is 1. The van der Waals surface area contributed by atoms with E-state index in [2.05, 4.69) is 59.6 Å². The van der Waals surface area contributed by atoms with Crippen LogP contribution in [0.4, 0.5) is 16.3 Å². The van der Waals surface area contributed by atoms with Crippen LogP contribution in [0.3, 0.4) is 0 Å². The smallest absolute Gasteiger partial charge is 0.328 e. The Hall–Kier alpha value is -4.90. The summed E-state index contributed by atoms with van der Waals surface area (Å²) in [7, 11) is 0. The fourth-order valence-electron chi connectivity index (χ4n) is 8.81. The van der Waals surface area contributed by atoms with Gasteiger partial charge in [-0.3, -0.25) is 19.8 Å². The molecule has 1 aliphatic carbocycles. The quantitative estimate of drug-likeness (QED) is 0.175. The molecule has 5 heterocycles. The van der Waals surface area contributed by atoms with E-state index in [1.807, 2.05) is 18.2 Å². The van der Waals surface area contributed by atoms with Gasteiger partial charge in [-0.25, -0.2) is 4.79 Å². The van der Waals surface area contributed by atoms with E-state index in [0.29, 0.717) is 47.0 Å². The second kappa shape index (κ2) is 18.1. The number of carbonyl (C=O) groups excluding carboxylic acids is 3. The molecule has 3 saturated heterocycles. The molecular weight excluding hydrogens is 765 g/mol. The first kappa shape index (κ1) is 40.3. The van der Waals surface area contributed by atoms with Crippen LogP contribution in [0.1, 0.15) is 86.3 Å². The first-order valence-electron chi connectivity index (χ1n) is 20.0. The standard InChI is InChI=1S/C42H48ClN9O4.ClH/c43-35-26-33(7-4-29(35)27-44)56-32-8-5-30(6-9-32)45-41(54)36-10-11-39(48-47-36)50-22-13-28(14-23-50)12-19-49-20-15-31(16-21-49)51-24-17-34-37(51)2-1-3-38(34)52-25-18-40(53)46-42(52)55;/h1-4,7,10-11,17,24,26,28,30-32H,5-6,8-9,12-16,18-23,25H2,(H,45,54)(H,46,53,55);1H/t30-,32-;. The molecule has 15 heteroatoms. The summed E-state index contributed by atoms with van der Waals surface area (Å²) in [6, 6.07) is 19.2. The van der Waals surface area contributed by atoms with E-state index in [0.717, 1.165) is 106 Å². The number of piperidine rings is 2. The number of benzene rings is 2. The molecule has 0 unspecified atom stereocenters. The molecule has 8 rings (SSSR count). The molecule has 2 aromatic heterocycles. The summed E-state index contributed by atoms with van der Waals surface area (Å²) in [6.45, 7) is 5.52. The van der Waals surface area contributed by atoms with Crippen molar-refractivity contribution < 1.29 is 19.1 Å². The van der Waals surface area contributed by atoms with Gasteiger partial charge in [-0.1, -0.05) is 17.7 Å². The first-order chi connectivity index (χ1) is 27.3. The van der Waals surface area contributed by atoms with Crippen LogP contribution in [0.5, 0.6) is 5.75 Å². The maximum atomic E-state index is 13.0. The van der Waals surface area contributed by atoms with Crippen molar-refractivity contribution in [2.24, 2.45) is 5.92 Å². The number of hydrogen-bond donors (Lipinski definition) is 2. The third-order valence-corrected chi connectivity index (χ3v) is 12.4. The van der Waals surface area contributed by atoms with E-state index in [1.54, 1.807) is 29.2 Å². The van der Waals surface area contributed by atoms with Gasteiger partial charge in [0, 0.05) is 68.9 Å². The van der Waals surface area contributed by atoms with Crippen LogP contribution in [0.2, 0.25) is 5.02 Å². The Morgan fingerprint density at radius 1 is 0.930 bits per heavy atom. The van der Waals surface area contributed by atoms with Crippen molar-refractivity contribution in [3.8, 4) is 11.8 Å². The number of nitrogens with zero attached hydrogens (tertiary/aromatic N) is 7. The average Bonchev–Trinajstić information content (AvgIpc) is 3.66. The molecule has 4 aromatic rings. The zero-order chi connectivity index (χ0) is 38.6. The molecule has 0 bridgehead atoms. The van der Waals surface area contributed by atoms with Crippen molar-refractivity contribution in [2.45, 2.75) is 82.4 Å². The lowest BCUT2D eigenvalue weighted by Crippen LogP contribution is -2.49. The van der Waals surface area contributed by atoms with E-state index in [9.17, 15) is 14.4 Å². The molecule has 2 aromatic carbocycles. The number of fused-ring (bicyclic) bond motifs is 1. The maximum absolute atomic E-state index is 13.0. The molecule has 2 N–H and O–H groups in total. The zero-order valence-electron chi connectivity index (χ0n) is 31.9. The van der Waals surface area contributed by atoms with Gasteiger partial charge in [0.15, 0.2) is 11.5 Å². The SMILES string of the molecule is Cl.N#Cc1ccc(O[C@H]2CC[C@H](NC(=O)c3ccc(N4CCC(CCN5CCC(n6ccc7c(N8CCC(=O)NC8=O)cccc76)CC5)CC4)nn3)CC2)cc1Cl. The predicted octanol–water partition coefficient (Wildman–Crippen LogP) is 6.89. The summed E-state index contributed by atoms with van der Waals surface area (Å²) in [5.41, 5.74) is 2.75. The highest BCUT2D eigenvalue weighted by molar-refractivity contribution is 6.31. The minimum atomic E-state index is -0.350. The fraction of sp³-hybridized carbons (Fsp3) is 0.476. The number of amides is 4. The molecule has 4 amide bonds. The van der Waals surface area contributed by atoms with Gasteiger partial charge in [-0.15, -0.1) is 22.6 Å². The molecule has 4 aliphatic rings. The van der Waals surface area contributed by atoms with E-state index in [1.165, 1.54) is 6.42 Å². The Balaban J connectivity index is 0.00000496. The number of nitrogens with one attached hydrogen (secondary N) is 2. The highest BCUT2D eigenvalue weighted by Crippen LogP contribution is 2.34. The number of imide groups is 1. The predicted molar refractivity (Wildman–Crippen MR) is 221 cm³/mol. The molecule has 0 spiro atoms. The first-order valence-corrected chi connectivity index (χ1v) is 20.4. The number of halogens is 2. The minimum Gasteiger partial charge on any atom is -0.490 e. The van der Waals surface area contributed by atoms with Crippen LogP contribution in [0.25, 0.3) is 10.9 Å². The highest BCUT2D eigenvalue weighted by atomic mass is 35.5. The molecule has 57 heavy (non-hydrogen) atoms. The van der Waals surface area contributed by atoms with E-state index in [-0.39, 0.29) is 42.4 Å². The Kier molecular flexibility index (Phi) is 12.8. The number of aromatic nitrogens is 3. The van der Waals surface area contributed by atoms with Gasteiger partial charge >= 0.3 is 6.03 Å². The molecule has 13 nitrogen and oxygen atoms in total. The monoisotopic (exact) mass is 813 g/mol. The van der Waals surface area contributed by atoms with Crippen LogP contribution in [0, 0.1) is 17.2 Å².